The van der Waals surface area contributed by atoms with Gasteiger partial charge >= 0.3 is 5.97 Å². The second-order valence-electron chi connectivity index (χ2n) is 5.14. The normalized spacial score (nSPS) is 10.9. The predicted molar refractivity (Wildman–Crippen MR) is 84.8 cm³/mol. The zero-order chi connectivity index (χ0) is 17.3. The lowest BCUT2D eigenvalue weighted by molar-refractivity contribution is 0.0519. The highest BCUT2D eigenvalue weighted by Crippen LogP contribution is 2.22. The molecule has 0 amide bonds. The van der Waals surface area contributed by atoms with Crippen molar-refractivity contribution in [2.75, 3.05) is 6.61 Å². The van der Waals surface area contributed by atoms with Gasteiger partial charge in [0.05, 0.1) is 13.2 Å². The molecule has 0 radical (unpaired) electrons. The fourth-order valence-electron chi connectivity index (χ4n) is 2.55. The van der Waals surface area contributed by atoms with Gasteiger partial charge in [0.25, 0.3) is 5.56 Å². The van der Waals surface area contributed by atoms with Crippen LogP contribution in [0.2, 0.25) is 0 Å². The highest BCUT2D eigenvalue weighted by atomic mass is 19.1. The van der Waals surface area contributed by atoms with Crippen molar-refractivity contribution in [2.24, 2.45) is 0 Å². The molecule has 0 saturated carbocycles. The van der Waals surface area contributed by atoms with Crippen LogP contribution in [0.4, 0.5) is 4.39 Å². The number of aromatic hydroxyl groups is 1. The molecule has 124 valence electrons. The summed E-state index contributed by atoms with van der Waals surface area (Å²) in [7, 11) is 0. The number of hydrogen-bond acceptors (Lipinski definition) is 4. The number of ether oxygens (including phenoxy) is 1. The Labute approximate surface area is 136 Å². The van der Waals surface area contributed by atoms with Gasteiger partial charge in [0.15, 0.2) is 11.3 Å². The molecule has 0 saturated heterocycles. The van der Waals surface area contributed by atoms with Gasteiger partial charge in [-0.1, -0.05) is 18.2 Å². The number of benzene rings is 1. The second-order valence-corrected chi connectivity index (χ2v) is 5.14. The van der Waals surface area contributed by atoms with E-state index in [2.05, 4.69) is 0 Å². The van der Waals surface area contributed by atoms with Crippen molar-refractivity contribution in [1.29, 1.82) is 0 Å². The first kappa shape index (κ1) is 15.8. The van der Waals surface area contributed by atoms with E-state index >= 15 is 0 Å². The van der Waals surface area contributed by atoms with Crippen LogP contribution >= 0.6 is 0 Å². The van der Waals surface area contributed by atoms with E-state index in [-0.39, 0.29) is 24.2 Å². The predicted octanol–water partition coefficient (Wildman–Crippen LogP) is 2.17. The molecule has 0 atom stereocenters. The van der Waals surface area contributed by atoms with Crippen LogP contribution in [-0.4, -0.2) is 26.9 Å². The number of hydrogen-bond donors (Lipinski definition) is 1. The molecule has 0 aliphatic rings. The first-order valence-corrected chi connectivity index (χ1v) is 7.38. The molecule has 6 nitrogen and oxygen atoms in total. The Bertz CT molecular complexity index is 974. The van der Waals surface area contributed by atoms with E-state index in [4.69, 9.17) is 4.74 Å². The zero-order valence-corrected chi connectivity index (χ0v) is 12.9. The van der Waals surface area contributed by atoms with E-state index in [0.717, 1.165) is 0 Å². The SMILES string of the molecule is CCOC(=O)c1c(O)c2cccn2n(Cc2ccccc2F)c1=O. The van der Waals surface area contributed by atoms with Gasteiger partial charge in [-0.15, -0.1) is 0 Å². The molecule has 3 aromatic rings. The van der Waals surface area contributed by atoms with Crippen molar-refractivity contribution in [3.8, 4) is 5.75 Å². The number of fused-ring (bicyclic) bond motifs is 1. The van der Waals surface area contributed by atoms with Crippen molar-refractivity contribution in [2.45, 2.75) is 13.5 Å². The van der Waals surface area contributed by atoms with Gasteiger partial charge in [0, 0.05) is 11.8 Å². The number of carbonyl (C=O) groups is 1. The molecule has 0 fully saturated rings. The Kier molecular flexibility index (Phi) is 4.07. The standard InChI is InChI=1S/C17H15FN2O4/c1-2-24-17(23)14-15(21)13-8-5-9-19(13)20(16(14)22)10-11-6-3-4-7-12(11)18/h3-9,21H,2,10H2,1H3. The molecule has 7 heteroatoms. The number of halogens is 1. The molecule has 0 bridgehead atoms. The van der Waals surface area contributed by atoms with Gasteiger partial charge in [0.1, 0.15) is 11.3 Å². The largest absolute Gasteiger partial charge is 0.505 e. The summed E-state index contributed by atoms with van der Waals surface area (Å²) in [5, 5.41) is 10.3. The molecule has 0 unspecified atom stereocenters. The highest BCUT2D eigenvalue weighted by molar-refractivity contribution is 5.94. The van der Waals surface area contributed by atoms with Gasteiger partial charge in [-0.05, 0) is 25.1 Å². The maximum absolute atomic E-state index is 13.9. The number of nitrogens with zero attached hydrogens (tertiary/aromatic N) is 2. The van der Waals surface area contributed by atoms with E-state index in [0.29, 0.717) is 0 Å². The molecule has 1 aromatic carbocycles. The number of esters is 1. The number of aromatic nitrogens is 2. The summed E-state index contributed by atoms with van der Waals surface area (Å²) in [5.41, 5.74) is -0.665. The van der Waals surface area contributed by atoms with Gasteiger partial charge in [-0.3, -0.25) is 9.31 Å². The first-order chi connectivity index (χ1) is 11.5. The van der Waals surface area contributed by atoms with Crippen molar-refractivity contribution in [3.63, 3.8) is 0 Å². The molecule has 0 spiro atoms. The molecule has 24 heavy (non-hydrogen) atoms. The van der Waals surface area contributed by atoms with Gasteiger partial charge in [-0.25, -0.2) is 13.9 Å². The Balaban J connectivity index is 2.24. The van der Waals surface area contributed by atoms with Crippen LogP contribution in [0.1, 0.15) is 22.8 Å². The number of carbonyl (C=O) groups excluding carboxylic acids is 1. The average Bonchev–Trinajstić information content (AvgIpc) is 3.03. The third-order valence-corrected chi connectivity index (χ3v) is 3.67. The van der Waals surface area contributed by atoms with Crippen molar-refractivity contribution < 1.29 is 19.0 Å². The van der Waals surface area contributed by atoms with Crippen LogP contribution in [0.3, 0.4) is 0 Å². The lowest BCUT2D eigenvalue weighted by Crippen LogP contribution is -2.32. The molecule has 1 N–H and O–H groups in total. The fraction of sp³-hybridized carbons (Fsp3) is 0.176. The van der Waals surface area contributed by atoms with Crippen LogP contribution < -0.4 is 5.56 Å². The van der Waals surface area contributed by atoms with E-state index < -0.39 is 28.7 Å². The van der Waals surface area contributed by atoms with E-state index in [9.17, 15) is 19.1 Å². The summed E-state index contributed by atoms with van der Waals surface area (Å²) >= 11 is 0. The molecule has 2 aromatic heterocycles. The Morgan fingerprint density at radius 1 is 1.25 bits per heavy atom. The Hall–Kier alpha value is -3.09. The Morgan fingerprint density at radius 3 is 2.71 bits per heavy atom. The van der Waals surface area contributed by atoms with Crippen molar-refractivity contribution >= 4 is 11.5 Å². The molecular weight excluding hydrogens is 315 g/mol. The minimum absolute atomic E-state index is 0.0667. The molecule has 2 heterocycles. The minimum atomic E-state index is -0.911. The molecular formula is C17H15FN2O4. The topological polar surface area (TPSA) is 72.9 Å². The van der Waals surface area contributed by atoms with Crippen LogP contribution in [0, 0.1) is 5.82 Å². The van der Waals surface area contributed by atoms with Crippen LogP contribution in [0.25, 0.3) is 5.52 Å². The van der Waals surface area contributed by atoms with Crippen LogP contribution in [-0.2, 0) is 11.3 Å². The minimum Gasteiger partial charge on any atom is -0.505 e. The molecule has 0 aliphatic carbocycles. The fourth-order valence-corrected chi connectivity index (χ4v) is 2.55. The highest BCUT2D eigenvalue weighted by Gasteiger charge is 2.23. The Morgan fingerprint density at radius 2 is 2.00 bits per heavy atom. The van der Waals surface area contributed by atoms with Crippen LogP contribution in [0.15, 0.2) is 47.4 Å². The van der Waals surface area contributed by atoms with Gasteiger partial charge < -0.3 is 9.84 Å². The van der Waals surface area contributed by atoms with E-state index in [1.807, 2.05) is 0 Å². The zero-order valence-electron chi connectivity index (χ0n) is 12.9. The summed E-state index contributed by atoms with van der Waals surface area (Å²) in [4.78, 5) is 24.7. The maximum atomic E-state index is 13.9. The monoisotopic (exact) mass is 330 g/mol. The number of rotatable bonds is 4. The molecule has 3 rings (SSSR count). The van der Waals surface area contributed by atoms with Crippen molar-refractivity contribution in [1.82, 2.24) is 9.20 Å². The van der Waals surface area contributed by atoms with E-state index in [1.54, 1.807) is 43.5 Å². The quantitative estimate of drug-likeness (QED) is 0.744. The van der Waals surface area contributed by atoms with Gasteiger partial charge in [0.2, 0.25) is 0 Å². The maximum Gasteiger partial charge on any atom is 0.347 e. The lowest BCUT2D eigenvalue weighted by atomic mass is 10.2. The summed E-state index contributed by atoms with van der Waals surface area (Å²) in [5.74, 6) is -1.82. The third kappa shape index (κ3) is 2.54. The lowest BCUT2D eigenvalue weighted by Gasteiger charge is -2.14. The summed E-state index contributed by atoms with van der Waals surface area (Å²) < 4.78 is 21.3. The molecule has 0 aliphatic heterocycles. The first-order valence-electron chi connectivity index (χ1n) is 7.38. The van der Waals surface area contributed by atoms with Gasteiger partial charge in [-0.2, -0.15) is 0 Å². The van der Waals surface area contributed by atoms with Crippen molar-refractivity contribution in [3.05, 3.63) is 69.9 Å². The summed E-state index contributed by atoms with van der Waals surface area (Å²) in [6.45, 7) is 1.57. The summed E-state index contributed by atoms with van der Waals surface area (Å²) in [6, 6.07) is 9.21. The van der Waals surface area contributed by atoms with Crippen LogP contribution in [0.5, 0.6) is 5.75 Å². The third-order valence-electron chi connectivity index (χ3n) is 3.67. The van der Waals surface area contributed by atoms with E-state index in [1.165, 1.54) is 15.3 Å². The summed E-state index contributed by atoms with van der Waals surface area (Å²) in [6.07, 6.45) is 1.55. The second kappa shape index (κ2) is 6.19. The smallest absolute Gasteiger partial charge is 0.347 e. The average molecular weight is 330 g/mol.